The highest BCUT2D eigenvalue weighted by Crippen LogP contribution is 2.17. The lowest BCUT2D eigenvalue weighted by atomic mass is 10.0. The number of carbonyl (C=O) groups is 1. The number of guanidine groups is 1. The molecule has 3 rings (SSSR count). The van der Waals surface area contributed by atoms with Crippen molar-refractivity contribution in [3.63, 3.8) is 0 Å². The average Bonchev–Trinajstić information content (AvgIpc) is 3.26. The third-order valence-electron chi connectivity index (χ3n) is 6.40. The Balaban J connectivity index is 0.00000300. The Morgan fingerprint density at radius 1 is 1.03 bits per heavy atom. The van der Waals surface area contributed by atoms with Gasteiger partial charge in [0.15, 0.2) is 5.96 Å². The van der Waals surface area contributed by atoms with Crippen molar-refractivity contribution in [1.82, 2.24) is 20.0 Å². The summed E-state index contributed by atoms with van der Waals surface area (Å²) in [5, 5.41) is 3.52. The molecule has 3 fully saturated rings. The lowest BCUT2D eigenvalue weighted by molar-refractivity contribution is -0.142. The van der Waals surface area contributed by atoms with Crippen molar-refractivity contribution in [3.8, 4) is 0 Å². The number of nitrogens with one attached hydrogen (secondary N) is 1. The maximum Gasteiger partial charge on any atom is 0.251 e. The van der Waals surface area contributed by atoms with Crippen LogP contribution in [0.15, 0.2) is 4.99 Å². The van der Waals surface area contributed by atoms with Gasteiger partial charge in [-0.3, -0.25) is 9.79 Å². The van der Waals surface area contributed by atoms with E-state index in [1.54, 1.807) is 0 Å². The maximum atomic E-state index is 12.5. The number of nitrogens with zero attached hydrogens (tertiary/aromatic N) is 4. The van der Waals surface area contributed by atoms with Crippen molar-refractivity contribution in [3.05, 3.63) is 0 Å². The van der Waals surface area contributed by atoms with E-state index < -0.39 is 0 Å². The van der Waals surface area contributed by atoms with E-state index in [9.17, 15) is 4.79 Å². The molecule has 2 atom stereocenters. The van der Waals surface area contributed by atoms with Crippen LogP contribution in [0.5, 0.6) is 0 Å². The van der Waals surface area contributed by atoms with E-state index in [0.29, 0.717) is 0 Å². The van der Waals surface area contributed by atoms with Crippen LogP contribution < -0.4 is 5.32 Å². The Labute approximate surface area is 193 Å². The molecule has 0 aromatic rings. The van der Waals surface area contributed by atoms with Crippen molar-refractivity contribution in [2.45, 2.75) is 64.0 Å². The molecule has 3 aliphatic heterocycles. The Bertz CT molecular complexity index is 519. The molecule has 0 aromatic carbocycles. The van der Waals surface area contributed by atoms with Gasteiger partial charge in [-0.1, -0.05) is 6.42 Å². The molecule has 0 bridgehead atoms. The monoisotopic (exact) mass is 521 g/mol. The van der Waals surface area contributed by atoms with Gasteiger partial charge in [-0.25, -0.2) is 0 Å². The number of carbonyl (C=O) groups excluding carboxylic acids is 1. The Morgan fingerprint density at radius 2 is 1.79 bits per heavy atom. The summed E-state index contributed by atoms with van der Waals surface area (Å²) in [7, 11) is 1.85. The van der Waals surface area contributed by atoms with E-state index in [4.69, 9.17) is 4.74 Å². The zero-order chi connectivity index (χ0) is 19.8. The number of hydrogen-bond donors (Lipinski definition) is 1. The standard InChI is InChI=1S/C21H39N5O2.HI/c1-18-8-3-5-11-24(18)12-6-4-10-23-21(22-2)26-15-13-25(14-16-26)20(27)19-9-7-17-28-19;/h18-19H,3-17H2,1-2H3,(H,22,23);1H. The van der Waals surface area contributed by atoms with Gasteiger partial charge in [-0.2, -0.15) is 0 Å². The van der Waals surface area contributed by atoms with Crippen LogP contribution >= 0.6 is 24.0 Å². The second-order valence-corrected chi connectivity index (χ2v) is 8.38. The molecule has 7 nitrogen and oxygen atoms in total. The van der Waals surface area contributed by atoms with E-state index in [1.165, 1.54) is 45.2 Å². The number of ether oxygens (including phenoxy) is 1. The molecular weight excluding hydrogens is 481 g/mol. The first-order valence-electron chi connectivity index (χ1n) is 11.3. The highest BCUT2D eigenvalue weighted by atomic mass is 127. The minimum atomic E-state index is -0.202. The molecule has 0 saturated carbocycles. The highest BCUT2D eigenvalue weighted by molar-refractivity contribution is 14.0. The molecule has 0 aromatic heterocycles. The Morgan fingerprint density at radius 3 is 2.45 bits per heavy atom. The number of aliphatic imine (C=N–C) groups is 1. The zero-order valence-corrected chi connectivity index (χ0v) is 20.6. The highest BCUT2D eigenvalue weighted by Gasteiger charge is 2.30. The van der Waals surface area contributed by atoms with Crippen molar-refractivity contribution in [1.29, 1.82) is 0 Å². The molecule has 0 aliphatic carbocycles. The minimum absolute atomic E-state index is 0. The summed E-state index contributed by atoms with van der Waals surface area (Å²) < 4.78 is 5.55. The fraction of sp³-hybridized carbons (Fsp3) is 0.905. The van der Waals surface area contributed by atoms with E-state index in [1.807, 2.05) is 11.9 Å². The molecule has 0 radical (unpaired) electrons. The third kappa shape index (κ3) is 7.24. The molecule has 3 heterocycles. The summed E-state index contributed by atoms with van der Waals surface area (Å²) in [6, 6.07) is 0.753. The third-order valence-corrected chi connectivity index (χ3v) is 6.40. The van der Waals surface area contributed by atoms with Gasteiger partial charge >= 0.3 is 0 Å². The first-order chi connectivity index (χ1) is 13.7. The average molecular weight is 521 g/mol. The second kappa shape index (κ2) is 12.9. The second-order valence-electron chi connectivity index (χ2n) is 8.38. The Hall–Kier alpha value is -0.610. The van der Waals surface area contributed by atoms with Gasteiger partial charge in [-0.15, -0.1) is 24.0 Å². The zero-order valence-electron chi connectivity index (χ0n) is 18.3. The van der Waals surface area contributed by atoms with Crippen LogP contribution in [0.2, 0.25) is 0 Å². The number of rotatable bonds is 6. The van der Waals surface area contributed by atoms with E-state index in [2.05, 4.69) is 27.0 Å². The van der Waals surface area contributed by atoms with Gasteiger partial charge in [-0.05, 0) is 58.5 Å². The number of halogens is 1. The quantitative estimate of drug-likeness (QED) is 0.251. The number of amides is 1. The SMILES string of the molecule is CN=C(NCCCCN1CCCCC1C)N1CCN(C(=O)C2CCCO2)CC1.I. The van der Waals surface area contributed by atoms with Crippen molar-refractivity contribution >= 4 is 35.8 Å². The normalized spacial score (nSPS) is 26.3. The van der Waals surface area contributed by atoms with Crippen LogP contribution in [0.25, 0.3) is 0 Å². The van der Waals surface area contributed by atoms with Gasteiger partial charge in [0, 0.05) is 52.4 Å². The summed E-state index contributed by atoms with van der Waals surface area (Å²) in [6.07, 6.45) is 8.18. The molecule has 1 N–H and O–H groups in total. The summed E-state index contributed by atoms with van der Waals surface area (Å²) in [4.78, 5) is 23.8. The number of piperazine rings is 1. The smallest absolute Gasteiger partial charge is 0.251 e. The van der Waals surface area contributed by atoms with Crippen LogP contribution in [-0.2, 0) is 9.53 Å². The van der Waals surface area contributed by atoms with Crippen LogP contribution in [0.1, 0.15) is 51.9 Å². The summed E-state index contributed by atoms with van der Waals surface area (Å²) >= 11 is 0. The van der Waals surface area contributed by atoms with Crippen LogP contribution in [-0.4, -0.2) is 98.2 Å². The van der Waals surface area contributed by atoms with Gasteiger partial charge in [0.1, 0.15) is 6.10 Å². The van der Waals surface area contributed by atoms with Gasteiger partial charge < -0.3 is 24.8 Å². The topological polar surface area (TPSA) is 60.4 Å². The summed E-state index contributed by atoms with van der Waals surface area (Å²) in [5.74, 6) is 1.14. The first kappa shape index (κ1) is 24.7. The number of likely N-dealkylation sites (tertiary alicyclic amines) is 1. The summed E-state index contributed by atoms with van der Waals surface area (Å²) in [5.41, 5.74) is 0. The molecular formula is C21H40IN5O2. The van der Waals surface area contributed by atoms with Crippen LogP contribution in [0, 0.1) is 0 Å². The number of hydrogen-bond acceptors (Lipinski definition) is 4. The summed E-state index contributed by atoms with van der Waals surface area (Å²) in [6.45, 7) is 9.72. The first-order valence-corrected chi connectivity index (χ1v) is 11.3. The Kier molecular flexibility index (Phi) is 11.0. The van der Waals surface area contributed by atoms with E-state index in [0.717, 1.165) is 64.2 Å². The molecule has 1 amide bonds. The molecule has 168 valence electrons. The number of unbranched alkanes of at least 4 members (excludes halogenated alkanes) is 1. The maximum absolute atomic E-state index is 12.5. The van der Waals surface area contributed by atoms with Gasteiger partial charge in [0.2, 0.25) is 0 Å². The predicted octanol–water partition coefficient (Wildman–Crippen LogP) is 2.16. The van der Waals surface area contributed by atoms with Crippen molar-refractivity contribution < 1.29 is 9.53 Å². The lowest BCUT2D eigenvalue weighted by Crippen LogP contribution is -2.55. The minimum Gasteiger partial charge on any atom is -0.368 e. The van der Waals surface area contributed by atoms with Crippen LogP contribution in [0.4, 0.5) is 0 Å². The lowest BCUT2D eigenvalue weighted by Gasteiger charge is -2.37. The van der Waals surface area contributed by atoms with E-state index in [-0.39, 0.29) is 36.0 Å². The van der Waals surface area contributed by atoms with E-state index >= 15 is 0 Å². The molecule has 3 aliphatic rings. The molecule has 8 heteroatoms. The fourth-order valence-corrected chi connectivity index (χ4v) is 4.58. The molecule has 29 heavy (non-hydrogen) atoms. The van der Waals surface area contributed by atoms with Gasteiger partial charge in [0.05, 0.1) is 0 Å². The fourth-order valence-electron chi connectivity index (χ4n) is 4.58. The van der Waals surface area contributed by atoms with Crippen molar-refractivity contribution in [2.24, 2.45) is 4.99 Å². The largest absolute Gasteiger partial charge is 0.368 e. The van der Waals surface area contributed by atoms with Gasteiger partial charge in [0.25, 0.3) is 5.91 Å². The molecule has 3 saturated heterocycles. The van der Waals surface area contributed by atoms with Crippen LogP contribution in [0.3, 0.4) is 0 Å². The molecule has 0 spiro atoms. The molecule has 2 unspecified atom stereocenters. The predicted molar refractivity (Wildman–Crippen MR) is 128 cm³/mol. The number of piperidine rings is 1. The van der Waals surface area contributed by atoms with Crippen molar-refractivity contribution in [2.75, 3.05) is 59.5 Å².